The topological polar surface area (TPSA) is 56.6 Å². The van der Waals surface area contributed by atoms with Crippen LogP contribution in [0.2, 0.25) is 0 Å². The Morgan fingerprint density at radius 2 is 2.21 bits per heavy atom. The molecule has 0 spiro atoms. The van der Waals surface area contributed by atoms with Crippen LogP contribution in [-0.2, 0) is 11.3 Å². The predicted molar refractivity (Wildman–Crippen MR) is 70.6 cm³/mol. The van der Waals surface area contributed by atoms with E-state index in [2.05, 4.69) is 11.0 Å². The lowest BCUT2D eigenvalue weighted by atomic mass is 10.1. The van der Waals surface area contributed by atoms with Gasteiger partial charge in [0.2, 0.25) is 5.91 Å². The fourth-order valence-electron chi connectivity index (χ4n) is 2.15. The molecular weight excluding hydrogens is 242 g/mol. The summed E-state index contributed by atoms with van der Waals surface area (Å²) in [6, 6.07) is 7.47. The zero-order valence-corrected chi connectivity index (χ0v) is 11.2. The molecular formula is C14H17N3O2. The predicted octanol–water partition coefficient (Wildman–Crippen LogP) is 0.841. The van der Waals surface area contributed by atoms with Crippen molar-refractivity contribution in [1.29, 1.82) is 5.26 Å². The van der Waals surface area contributed by atoms with E-state index in [0.29, 0.717) is 18.7 Å². The van der Waals surface area contributed by atoms with Gasteiger partial charge in [0, 0.05) is 32.2 Å². The Morgan fingerprint density at radius 1 is 1.42 bits per heavy atom. The lowest BCUT2D eigenvalue weighted by Crippen LogP contribution is -2.48. The molecule has 1 fully saturated rings. The molecule has 0 N–H and O–H groups in total. The van der Waals surface area contributed by atoms with E-state index in [9.17, 15) is 4.79 Å². The van der Waals surface area contributed by atoms with Gasteiger partial charge in [0.25, 0.3) is 0 Å². The molecule has 0 aliphatic carbocycles. The van der Waals surface area contributed by atoms with Crippen molar-refractivity contribution in [1.82, 2.24) is 9.80 Å². The van der Waals surface area contributed by atoms with Gasteiger partial charge in [-0.05, 0) is 18.2 Å². The van der Waals surface area contributed by atoms with Crippen molar-refractivity contribution < 1.29 is 9.53 Å². The SMILES string of the molecule is COc1ccc(C#N)cc1CN1CCN(C)C(=O)C1. The van der Waals surface area contributed by atoms with E-state index >= 15 is 0 Å². The van der Waals surface area contributed by atoms with Crippen LogP contribution in [0, 0.1) is 11.3 Å². The summed E-state index contributed by atoms with van der Waals surface area (Å²) < 4.78 is 5.30. The molecule has 0 atom stereocenters. The van der Waals surface area contributed by atoms with Gasteiger partial charge >= 0.3 is 0 Å². The lowest BCUT2D eigenvalue weighted by Gasteiger charge is -2.32. The third-order valence-electron chi connectivity index (χ3n) is 3.34. The van der Waals surface area contributed by atoms with E-state index in [1.54, 1.807) is 24.1 Å². The number of rotatable bonds is 3. The Labute approximate surface area is 113 Å². The summed E-state index contributed by atoms with van der Waals surface area (Å²) in [7, 11) is 3.43. The van der Waals surface area contributed by atoms with Crippen molar-refractivity contribution in [3.05, 3.63) is 29.3 Å². The molecule has 0 bridgehead atoms. The number of hydrogen-bond acceptors (Lipinski definition) is 4. The number of nitriles is 1. The highest BCUT2D eigenvalue weighted by atomic mass is 16.5. The highest BCUT2D eigenvalue weighted by Gasteiger charge is 2.21. The van der Waals surface area contributed by atoms with Gasteiger partial charge in [-0.2, -0.15) is 5.26 Å². The summed E-state index contributed by atoms with van der Waals surface area (Å²) >= 11 is 0. The minimum Gasteiger partial charge on any atom is -0.496 e. The molecule has 100 valence electrons. The first-order chi connectivity index (χ1) is 9.13. The molecule has 1 heterocycles. The largest absolute Gasteiger partial charge is 0.496 e. The van der Waals surface area contributed by atoms with Crippen LogP contribution in [0.1, 0.15) is 11.1 Å². The second-order valence-corrected chi connectivity index (χ2v) is 4.66. The number of hydrogen-bond donors (Lipinski definition) is 0. The third-order valence-corrected chi connectivity index (χ3v) is 3.34. The molecule has 19 heavy (non-hydrogen) atoms. The highest BCUT2D eigenvalue weighted by Crippen LogP contribution is 2.22. The van der Waals surface area contributed by atoms with Crippen molar-refractivity contribution in [3.63, 3.8) is 0 Å². The van der Waals surface area contributed by atoms with Crippen molar-refractivity contribution in [3.8, 4) is 11.8 Å². The first-order valence-electron chi connectivity index (χ1n) is 6.17. The molecule has 0 saturated carbocycles. The van der Waals surface area contributed by atoms with Crippen molar-refractivity contribution in [2.45, 2.75) is 6.54 Å². The number of nitrogens with zero attached hydrogens (tertiary/aromatic N) is 3. The number of methoxy groups -OCH3 is 1. The van der Waals surface area contributed by atoms with E-state index in [1.165, 1.54) is 0 Å². The van der Waals surface area contributed by atoms with Gasteiger partial charge in [0.05, 0.1) is 25.3 Å². The molecule has 0 radical (unpaired) electrons. The van der Waals surface area contributed by atoms with E-state index < -0.39 is 0 Å². The lowest BCUT2D eigenvalue weighted by molar-refractivity contribution is -0.134. The quantitative estimate of drug-likeness (QED) is 0.807. The van der Waals surface area contributed by atoms with E-state index in [1.807, 2.05) is 13.1 Å². The number of likely N-dealkylation sites (N-methyl/N-ethyl adjacent to an activating group) is 1. The summed E-state index contributed by atoms with van der Waals surface area (Å²) in [5, 5.41) is 8.94. The fraction of sp³-hybridized carbons (Fsp3) is 0.429. The van der Waals surface area contributed by atoms with Gasteiger partial charge < -0.3 is 9.64 Å². The first-order valence-corrected chi connectivity index (χ1v) is 6.17. The van der Waals surface area contributed by atoms with Gasteiger partial charge in [0.1, 0.15) is 5.75 Å². The average molecular weight is 259 g/mol. The second kappa shape index (κ2) is 5.72. The normalized spacial score (nSPS) is 16.3. The highest BCUT2D eigenvalue weighted by molar-refractivity contribution is 5.78. The summed E-state index contributed by atoms with van der Waals surface area (Å²) in [6.07, 6.45) is 0. The Kier molecular flexibility index (Phi) is 4.03. The standard InChI is InChI=1S/C14H17N3O2/c1-16-5-6-17(10-14(16)18)9-12-7-11(8-15)3-4-13(12)19-2/h3-4,7H,5-6,9-10H2,1-2H3. The molecule has 1 amide bonds. The molecule has 1 aromatic rings. The van der Waals surface area contributed by atoms with Gasteiger partial charge in [0.15, 0.2) is 0 Å². The van der Waals surface area contributed by atoms with Gasteiger partial charge in [-0.1, -0.05) is 0 Å². The second-order valence-electron chi connectivity index (χ2n) is 4.66. The Morgan fingerprint density at radius 3 is 2.84 bits per heavy atom. The Bertz CT molecular complexity index is 522. The van der Waals surface area contributed by atoms with Gasteiger partial charge in [-0.3, -0.25) is 9.69 Å². The fourth-order valence-corrected chi connectivity index (χ4v) is 2.15. The molecule has 1 saturated heterocycles. The maximum Gasteiger partial charge on any atom is 0.236 e. The van der Waals surface area contributed by atoms with E-state index in [-0.39, 0.29) is 5.91 Å². The van der Waals surface area contributed by atoms with Gasteiger partial charge in [-0.25, -0.2) is 0 Å². The molecule has 1 aliphatic heterocycles. The number of piperazine rings is 1. The summed E-state index contributed by atoms with van der Waals surface area (Å²) in [5.74, 6) is 0.882. The van der Waals surface area contributed by atoms with E-state index in [0.717, 1.165) is 24.4 Å². The molecule has 0 unspecified atom stereocenters. The van der Waals surface area contributed by atoms with Gasteiger partial charge in [-0.15, -0.1) is 0 Å². The van der Waals surface area contributed by atoms with Crippen LogP contribution in [0.25, 0.3) is 0 Å². The number of benzene rings is 1. The number of carbonyl (C=O) groups excluding carboxylic acids is 1. The first kappa shape index (κ1) is 13.4. The minimum atomic E-state index is 0.127. The summed E-state index contributed by atoms with van der Waals surface area (Å²) in [5.41, 5.74) is 1.55. The zero-order valence-electron chi connectivity index (χ0n) is 11.2. The molecule has 5 nitrogen and oxygen atoms in total. The van der Waals surface area contributed by atoms with E-state index in [4.69, 9.17) is 10.00 Å². The monoisotopic (exact) mass is 259 g/mol. The molecule has 5 heteroatoms. The Hall–Kier alpha value is -2.06. The zero-order chi connectivity index (χ0) is 13.8. The summed E-state index contributed by atoms with van der Waals surface area (Å²) in [6.45, 7) is 2.61. The van der Waals surface area contributed by atoms with Crippen LogP contribution >= 0.6 is 0 Å². The average Bonchev–Trinajstić information content (AvgIpc) is 2.43. The smallest absolute Gasteiger partial charge is 0.236 e. The molecule has 1 aliphatic rings. The van der Waals surface area contributed by atoms with Crippen molar-refractivity contribution in [2.24, 2.45) is 0 Å². The molecule has 1 aromatic carbocycles. The third kappa shape index (κ3) is 3.04. The maximum absolute atomic E-state index is 11.7. The maximum atomic E-state index is 11.7. The van der Waals surface area contributed by atoms with Crippen LogP contribution in [-0.4, -0.2) is 49.5 Å². The number of ether oxygens (including phenoxy) is 1. The summed E-state index contributed by atoms with van der Waals surface area (Å²) in [4.78, 5) is 15.5. The van der Waals surface area contributed by atoms with Crippen LogP contribution < -0.4 is 4.74 Å². The van der Waals surface area contributed by atoms with Crippen LogP contribution in [0.5, 0.6) is 5.75 Å². The minimum absolute atomic E-state index is 0.127. The molecule has 2 rings (SSSR count). The van der Waals surface area contributed by atoms with Crippen molar-refractivity contribution in [2.75, 3.05) is 33.8 Å². The number of carbonyl (C=O) groups is 1. The van der Waals surface area contributed by atoms with Crippen LogP contribution in [0.3, 0.4) is 0 Å². The van der Waals surface area contributed by atoms with Crippen LogP contribution in [0.4, 0.5) is 0 Å². The van der Waals surface area contributed by atoms with Crippen LogP contribution in [0.15, 0.2) is 18.2 Å². The molecule has 0 aromatic heterocycles. The Balaban J connectivity index is 2.14. The number of amides is 1. The van der Waals surface area contributed by atoms with Crippen molar-refractivity contribution >= 4 is 5.91 Å².